The van der Waals surface area contributed by atoms with Crippen LogP contribution in [0.5, 0.6) is 0 Å². The average molecular weight is 440 g/mol. The van der Waals surface area contributed by atoms with Crippen LogP contribution in [0.15, 0.2) is 24.3 Å². The Morgan fingerprint density at radius 3 is 2.48 bits per heavy atom. The first-order valence-electron chi connectivity index (χ1n) is 10.5. The molecule has 1 atom stereocenters. The van der Waals surface area contributed by atoms with E-state index in [1.165, 1.54) is 24.1 Å². The maximum Gasteiger partial charge on any atom is 0.416 e. The topological polar surface area (TPSA) is 75.7 Å². The van der Waals surface area contributed by atoms with E-state index in [9.17, 15) is 27.6 Å². The number of rotatable bonds is 5. The van der Waals surface area contributed by atoms with Crippen molar-refractivity contribution in [3.63, 3.8) is 0 Å². The largest absolute Gasteiger partial charge is 0.467 e. The van der Waals surface area contributed by atoms with E-state index in [0.29, 0.717) is 18.4 Å². The van der Waals surface area contributed by atoms with Gasteiger partial charge in [-0.2, -0.15) is 13.2 Å². The lowest BCUT2D eigenvalue weighted by atomic mass is 9.89. The fourth-order valence-electron chi connectivity index (χ4n) is 4.41. The molecule has 1 saturated carbocycles. The van der Waals surface area contributed by atoms with Gasteiger partial charge in [0.05, 0.1) is 18.6 Å². The molecule has 0 bridgehead atoms. The van der Waals surface area contributed by atoms with Crippen LogP contribution in [-0.2, 0) is 31.8 Å². The summed E-state index contributed by atoms with van der Waals surface area (Å²) in [4.78, 5) is 39.2. The lowest BCUT2D eigenvalue weighted by molar-refractivity contribution is -0.152. The summed E-state index contributed by atoms with van der Waals surface area (Å²) in [5.74, 6) is -1.84. The minimum absolute atomic E-state index is 0.00528. The molecule has 2 amide bonds. The molecule has 1 saturated heterocycles. The van der Waals surface area contributed by atoms with Crippen LogP contribution in [0.4, 0.5) is 13.2 Å². The predicted octanol–water partition coefficient (Wildman–Crippen LogP) is 3.44. The Hall–Kier alpha value is -2.58. The van der Waals surface area contributed by atoms with Crippen molar-refractivity contribution in [2.45, 2.75) is 63.2 Å². The highest BCUT2D eigenvalue weighted by atomic mass is 19.4. The number of benzene rings is 1. The van der Waals surface area contributed by atoms with E-state index in [1.807, 2.05) is 0 Å². The lowest BCUT2D eigenvalue weighted by Gasteiger charge is -2.32. The van der Waals surface area contributed by atoms with Crippen molar-refractivity contribution < 1.29 is 32.3 Å². The third kappa shape index (κ3) is 5.37. The van der Waals surface area contributed by atoms with Crippen LogP contribution in [0.3, 0.4) is 0 Å². The number of nitrogens with zero attached hydrogens (tertiary/aromatic N) is 1. The van der Waals surface area contributed by atoms with Gasteiger partial charge < -0.3 is 15.0 Å². The van der Waals surface area contributed by atoms with Crippen LogP contribution in [0.2, 0.25) is 0 Å². The Morgan fingerprint density at radius 1 is 1.19 bits per heavy atom. The van der Waals surface area contributed by atoms with Crippen LogP contribution in [-0.4, -0.2) is 41.9 Å². The summed E-state index contributed by atoms with van der Waals surface area (Å²) in [5.41, 5.74) is -1.52. The molecule has 1 N–H and O–H groups in total. The highest BCUT2D eigenvalue weighted by Gasteiger charge is 2.44. The molecule has 1 aliphatic carbocycles. The first-order chi connectivity index (χ1) is 14.6. The van der Waals surface area contributed by atoms with Gasteiger partial charge >= 0.3 is 12.1 Å². The maximum absolute atomic E-state index is 12.9. The Morgan fingerprint density at radius 2 is 1.87 bits per heavy atom. The Kier molecular flexibility index (Phi) is 6.91. The molecule has 2 aliphatic rings. The van der Waals surface area contributed by atoms with Gasteiger partial charge in [0.2, 0.25) is 11.8 Å². The molecule has 1 aromatic rings. The minimum atomic E-state index is -4.46. The van der Waals surface area contributed by atoms with Crippen LogP contribution in [0.1, 0.15) is 56.1 Å². The molecular formula is C22H27F3N2O4. The second-order valence-electron chi connectivity index (χ2n) is 8.35. The number of esters is 1. The summed E-state index contributed by atoms with van der Waals surface area (Å²) < 4.78 is 43.8. The smallest absolute Gasteiger partial charge is 0.416 e. The molecule has 31 heavy (non-hydrogen) atoms. The van der Waals surface area contributed by atoms with E-state index in [4.69, 9.17) is 4.74 Å². The molecule has 0 aromatic heterocycles. The summed E-state index contributed by atoms with van der Waals surface area (Å²) in [6.07, 6.45) is 0.000356. The zero-order chi connectivity index (χ0) is 22.6. The Bertz CT molecular complexity index is 832. The number of hydrogen-bond donors (Lipinski definition) is 1. The SMILES string of the molecule is COC(=O)C1(NC(=O)C2CC(=O)N(Cc3cccc(C(F)(F)F)c3)C2)CCCCCC1. The number of likely N-dealkylation sites (tertiary alicyclic amines) is 1. The highest BCUT2D eigenvalue weighted by Crippen LogP contribution is 2.32. The minimum Gasteiger partial charge on any atom is -0.467 e. The first-order valence-corrected chi connectivity index (χ1v) is 10.5. The standard InChI is InChI=1S/C22H27F3N2O4/c1-31-20(30)21(9-4-2-3-5-10-21)26-19(29)16-12-18(28)27(14-16)13-15-7-6-8-17(11-15)22(23,24)25/h6-8,11,16H,2-5,9-10,12-14H2,1H3,(H,26,29). The monoisotopic (exact) mass is 440 g/mol. The quantitative estimate of drug-likeness (QED) is 0.562. The number of halogens is 3. The number of alkyl halides is 3. The van der Waals surface area contributed by atoms with Gasteiger partial charge in [-0.25, -0.2) is 4.79 Å². The summed E-state index contributed by atoms with van der Waals surface area (Å²) in [5, 5.41) is 2.86. The third-order valence-electron chi connectivity index (χ3n) is 6.11. The van der Waals surface area contributed by atoms with Crippen molar-refractivity contribution >= 4 is 17.8 Å². The summed E-state index contributed by atoms with van der Waals surface area (Å²) in [6, 6.07) is 4.81. The van der Waals surface area contributed by atoms with E-state index in [1.54, 1.807) is 0 Å². The normalized spacial score (nSPS) is 21.5. The van der Waals surface area contributed by atoms with Crippen LogP contribution < -0.4 is 5.32 Å². The molecule has 0 spiro atoms. The third-order valence-corrected chi connectivity index (χ3v) is 6.11. The zero-order valence-corrected chi connectivity index (χ0v) is 17.5. The van der Waals surface area contributed by atoms with Crippen molar-refractivity contribution in [2.75, 3.05) is 13.7 Å². The summed E-state index contributed by atoms with van der Waals surface area (Å²) in [6.45, 7) is 0.0901. The number of nitrogens with one attached hydrogen (secondary N) is 1. The number of carbonyl (C=O) groups is 3. The number of ether oxygens (including phenoxy) is 1. The first kappa shape index (κ1) is 23.1. The molecule has 9 heteroatoms. The van der Waals surface area contributed by atoms with Crippen LogP contribution in [0, 0.1) is 5.92 Å². The molecule has 6 nitrogen and oxygen atoms in total. The molecule has 0 radical (unpaired) electrons. The Labute approximate surface area is 179 Å². The molecule has 3 rings (SSSR count). The molecule has 2 fully saturated rings. The maximum atomic E-state index is 12.9. The van der Waals surface area contributed by atoms with Crippen molar-refractivity contribution in [3.8, 4) is 0 Å². The summed E-state index contributed by atoms with van der Waals surface area (Å²) >= 11 is 0. The zero-order valence-electron chi connectivity index (χ0n) is 17.5. The van der Waals surface area contributed by atoms with E-state index < -0.39 is 35.1 Å². The van der Waals surface area contributed by atoms with E-state index in [-0.39, 0.29) is 25.4 Å². The second-order valence-corrected chi connectivity index (χ2v) is 8.35. The van der Waals surface area contributed by atoms with Gasteiger partial charge in [0.1, 0.15) is 5.54 Å². The molecule has 1 aromatic carbocycles. The molecule has 170 valence electrons. The summed E-state index contributed by atoms with van der Waals surface area (Å²) in [7, 11) is 1.29. The van der Waals surface area contributed by atoms with Gasteiger partial charge in [0.25, 0.3) is 0 Å². The number of carbonyl (C=O) groups excluding carboxylic acids is 3. The number of methoxy groups -OCH3 is 1. The van der Waals surface area contributed by atoms with Gasteiger partial charge in [-0.3, -0.25) is 9.59 Å². The van der Waals surface area contributed by atoms with Gasteiger partial charge in [0.15, 0.2) is 0 Å². The van der Waals surface area contributed by atoms with Gasteiger partial charge in [-0.15, -0.1) is 0 Å². The van der Waals surface area contributed by atoms with Crippen molar-refractivity contribution in [1.82, 2.24) is 10.2 Å². The number of hydrogen-bond acceptors (Lipinski definition) is 4. The van der Waals surface area contributed by atoms with Crippen molar-refractivity contribution in [3.05, 3.63) is 35.4 Å². The molecule has 1 heterocycles. The van der Waals surface area contributed by atoms with Crippen molar-refractivity contribution in [1.29, 1.82) is 0 Å². The lowest BCUT2D eigenvalue weighted by Crippen LogP contribution is -2.56. The molecule has 1 unspecified atom stereocenters. The molecular weight excluding hydrogens is 413 g/mol. The fraction of sp³-hybridized carbons (Fsp3) is 0.591. The predicted molar refractivity (Wildman–Crippen MR) is 106 cm³/mol. The average Bonchev–Trinajstić information content (AvgIpc) is 2.94. The van der Waals surface area contributed by atoms with Gasteiger partial charge in [-0.1, -0.05) is 37.8 Å². The van der Waals surface area contributed by atoms with E-state index in [0.717, 1.165) is 37.8 Å². The highest BCUT2D eigenvalue weighted by molar-refractivity contribution is 5.93. The molecule has 1 aliphatic heterocycles. The van der Waals surface area contributed by atoms with E-state index in [2.05, 4.69) is 5.32 Å². The van der Waals surface area contributed by atoms with Gasteiger partial charge in [-0.05, 0) is 30.5 Å². The van der Waals surface area contributed by atoms with Crippen LogP contribution in [0.25, 0.3) is 0 Å². The Balaban J connectivity index is 1.67. The van der Waals surface area contributed by atoms with E-state index >= 15 is 0 Å². The van der Waals surface area contributed by atoms with Crippen molar-refractivity contribution in [2.24, 2.45) is 5.92 Å². The van der Waals surface area contributed by atoms with Gasteiger partial charge in [0, 0.05) is 19.5 Å². The fourth-order valence-corrected chi connectivity index (χ4v) is 4.41. The van der Waals surface area contributed by atoms with Crippen LogP contribution >= 0.6 is 0 Å². The number of amides is 2. The second kappa shape index (κ2) is 9.28.